The zero-order valence-corrected chi connectivity index (χ0v) is 38.5. The van der Waals surface area contributed by atoms with Crippen LogP contribution in [-0.4, -0.2) is 97.9 Å². The summed E-state index contributed by atoms with van der Waals surface area (Å²) >= 11 is 0. The molecule has 17 nitrogen and oxygen atoms in total. The molecule has 0 aliphatic carbocycles. The molecule has 6 amide bonds. The summed E-state index contributed by atoms with van der Waals surface area (Å²) in [7, 11) is 0. The molecule has 0 radical (unpaired) electrons. The maximum atomic E-state index is 15.1. The van der Waals surface area contributed by atoms with Gasteiger partial charge in [0.1, 0.15) is 18.2 Å². The number of imide groups is 1. The van der Waals surface area contributed by atoms with E-state index in [4.69, 9.17) is 10.6 Å². The highest BCUT2D eigenvalue weighted by Gasteiger charge is 2.37. The van der Waals surface area contributed by atoms with Gasteiger partial charge in [-0.1, -0.05) is 58.0 Å². The predicted molar refractivity (Wildman–Crippen MR) is 238 cm³/mol. The fourth-order valence-corrected chi connectivity index (χ4v) is 7.78. The van der Waals surface area contributed by atoms with Crippen LogP contribution < -0.4 is 16.4 Å². The number of aliphatic hydroxyl groups is 1. The monoisotopic (exact) mass is 934 g/mol. The number of rotatable bonds is 25. The normalized spacial score (nSPS) is 14.5. The molecular weight excluding hydrogens is 875 g/mol. The van der Waals surface area contributed by atoms with Crippen LogP contribution in [0.3, 0.4) is 0 Å². The predicted octanol–water partition coefficient (Wildman–Crippen LogP) is 4.37. The van der Waals surface area contributed by atoms with Gasteiger partial charge >= 0.3 is 5.97 Å². The lowest BCUT2D eigenvalue weighted by atomic mass is 9.82. The van der Waals surface area contributed by atoms with Crippen LogP contribution in [0.5, 0.6) is 0 Å². The Morgan fingerprint density at radius 2 is 1.52 bits per heavy atom. The van der Waals surface area contributed by atoms with Gasteiger partial charge in [0.05, 0.1) is 24.5 Å². The van der Waals surface area contributed by atoms with Crippen molar-refractivity contribution in [3.63, 3.8) is 0 Å². The smallest absolute Gasteiger partial charge is 0.333 e. The highest BCUT2D eigenvalue weighted by atomic mass is 19.1. The lowest BCUT2D eigenvalue weighted by Crippen LogP contribution is -2.46. The summed E-state index contributed by atoms with van der Waals surface area (Å²) in [4.78, 5) is 119. The van der Waals surface area contributed by atoms with Gasteiger partial charge in [0, 0.05) is 80.6 Å². The molecule has 1 aromatic heterocycles. The fraction of sp³-hybridized carbons (Fsp3) is 0.479. The third-order valence-corrected chi connectivity index (χ3v) is 11.2. The van der Waals surface area contributed by atoms with Crippen LogP contribution in [0, 0.1) is 23.0 Å². The van der Waals surface area contributed by atoms with Crippen molar-refractivity contribution in [2.75, 3.05) is 13.2 Å². The van der Waals surface area contributed by atoms with Crippen molar-refractivity contribution >= 4 is 53.0 Å². The van der Waals surface area contributed by atoms with Crippen LogP contribution in [0.4, 0.5) is 8.78 Å². The average molecular weight is 935 g/mol. The highest BCUT2D eigenvalue weighted by molar-refractivity contribution is 6.01. The zero-order chi connectivity index (χ0) is 49.6. The number of halogens is 2. The average Bonchev–Trinajstić information content (AvgIpc) is 3.81. The number of nitrogens with zero attached hydrogens (tertiary/aromatic N) is 3. The summed E-state index contributed by atoms with van der Waals surface area (Å²) in [5, 5.41) is 15.6. The molecular formula is C48H60F2N6O11. The van der Waals surface area contributed by atoms with Crippen molar-refractivity contribution in [3.05, 3.63) is 83.7 Å². The van der Waals surface area contributed by atoms with Crippen LogP contribution in [0.25, 0.3) is 11.1 Å². The number of nitrogens with two attached hydrogens (primary N) is 1. The second-order valence-corrected chi connectivity index (χ2v) is 17.8. The van der Waals surface area contributed by atoms with Crippen molar-refractivity contribution in [2.45, 2.75) is 123 Å². The minimum Gasteiger partial charge on any atom is -0.387 e. The maximum Gasteiger partial charge on any atom is 0.333 e. The van der Waals surface area contributed by atoms with E-state index in [-0.39, 0.29) is 69.9 Å². The molecule has 362 valence electrons. The number of ketones is 2. The van der Waals surface area contributed by atoms with Gasteiger partial charge in [-0.2, -0.15) is 0 Å². The minimum atomic E-state index is -1.33. The van der Waals surface area contributed by atoms with E-state index >= 15 is 4.39 Å². The maximum absolute atomic E-state index is 15.1. The second kappa shape index (κ2) is 24.2. The number of carbonyl (C=O) groups excluding carboxylic acids is 9. The first kappa shape index (κ1) is 53.0. The van der Waals surface area contributed by atoms with Gasteiger partial charge in [-0.25, -0.2) is 13.6 Å². The van der Waals surface area contributed by atoms with Crippen molar-refractivity contribution < 1.29 is 61.9 Å². The molecule has 1 fully saturated rings. The topological polar surface area (TPSA) is 245 Å². The van der Waals surface area contributed by atoms with Gasteiger partial charge in [-0.15, -0.1) is 5.06 Å². The van der Waals surface area contributed by atoms with Gasteiger partial charge in [-0.05, 0) is 61.4 Å². The van der Waals surface area contributed by atoms with Crippen LogP contribution in [0.15, 0.2) is 60.8 Å². The third kappa shape index (κ3) is 15.5. The molecule has 1 saturated heterocycles. The Bertz CT molecular complexity index is 2300. The number of amides is 6. The van der Waals surface area contributed by atoms with Gasteiger partial charge in [0.2, 0.25) is 23.6 Å². The van der Waals surface area contributed by atoms with Crippen molar-refractivity contribution in [1.82, 2.24) is 25.2 Å². The Labute approximate surface area is 387 Å². The standard InChI is InChI=1S/C48H60F2N6O11/c1-29(22-39(59)30(2)52-41(61)15-11-16-45(65)67-56-42(62)19-20-43(56)63)47(66)53-36(25-40(51)60)38(58)14-9-10-21-55(44(64)28-57)46(48(3,4)5)37-23-32(34-24-33(49)17-18-35(34)50)27-54(37)26-31-12-7-6-8-13-31/h6-8,12-13,17-18,23-24,27,29-30,36,46,57H,9-11,14-16,19-22,25-26,28H2,1-5H3,(H2,51,60)(H,52,61)(H,53,66)/t29-,30+,36+,46+/m1/s1. The van der Waals surface area contributed by atoms with E-state index < -0.39 is 107 Å². The summed E-state index contributed by atoms with van der Waals surface area (Å²) in [5.74, 6) is -8.21. The molecule has 4 rings (SSSR count). The number of hydrogen-bond donors (Lipinski definition) is 4. The van der Waals surface area contributed by atoms with Gasteiger partial charge in [0.15, 0.2) is 11.6 Å². The van der Waals surface area contributed by atoms with Gasteiger partial charge in [-0.3, -0.25) is 38.4 Å². The largest absolute Gasteiger partial charge is 0.387 e. The number of aromatic nitrogens is 1. The number of benzene rings is 2. The zero-order valence-electron chi connectivity index (χ0n) is 38.5. The molecule has 19 heteroatoms. The summed E-state index contributed by atoms with van der Waals surface area (Å²) in [5.41, 5.74) is 6.66. The molecule has 0 unspecified atom stereocenters. The Kier molecular flexibility index (Phi) is 19.2. The molecule has 0 saturated carbocycles. The Morgan fingerprint density at radius 1 is 0.851 bits per heavy atom. The Morgan fingerprint density at radius 3 is 2.15 bits per heavy atom. The molecule has 1 aliphatic heterocycles. The Balaban J connectivity index is 1.37. The fourth-order valence-electron chi connectivity index (χ4n) is 7.78. The van der Waals surface area contributed by atoms with Crippen molar-refractivity contribution in [1.29, 1.82) is 0 Å². The molecule has 3 aromatic rings. The van der Waals surface area contributed by atoms with Crippen LogP contribution in [0.1, 0.15) is 116 Å². The molecule has 5 N–H and O–H groups in total. The van der Waals surface area contributed by atoms with E-state index in [0.29, 0.717) is 22.9 Å². The lowest BCUT2D eigenvalue weighted by Gasteiger charge is -2.41. The van der Waals surface area contributed by atoms with Gasteiger partial charge in [0.25, 0.3) is 11.8 Å². The van der Waals surface area contributed by atoms with E-state index in [0.717, 1.165) is 23.8 Å². The molecule has 2 heterocycles. The number of carbonyl (C=O) groups is 9. The van der Waals surface area contributed by atoms with E-state index in [1.54, 1.807) is 12.3 Å². The summed E-state index contributed by atoms with van der Waals surface area (Å²) < 4.78 is 31.4. The quantitative estimate of drug-likeness (QED) is 0.0687. The molecule has 67 heavy (non-hydrogen) atoms. The van der Waals surface area contributed by atoms with E-state index in [1.165, 1.54) is 18.7 Å². The van der Waals surface area contributed by atoms with Crippen LogP contribution >= 0.6 is 0 Å². The first-order chi connectivity index (χ1) is 31.6. The van der Waals surface area contributed by atoms with Crippen molar-refractivity contribution in [2.24, 2.45) is 17.1 Å². The number of primary amides is 1. The lowest BCUT2D eigenvalue weighted by molar-refractivity contribution is -0.197. The third-order valence-electron chi connectivity index (χ3n) is 11.2. The molecule has 1 aliphatic rings. The summed E-state index contributed by atoms with van der Waals surface area (Å²) in [6.45, 7) is 8.11. The molecule has 4 atom stereocenters. The first-order valence-corrected chi connectivity index (χ1v) is 22.2. The van der Waals surface area contributed by atoms with Gasteiger partial charge < -0.3 is 35.8 Å². The summed E-state index contributed by atoms with van der Waals surface area (Å²) in [6.07, 6.45) is 0.537. The van der Waals surface area contributed by atoms with Crippen LogP contribution in [-0.2, 0) is 54.5 Å². The first-order valence-electron chi connectivity index (χ1n) is 22.2. The number of nitrogens with one attached hydrogen (secondary N) is 2. The number of unbranched alkanes of at least 4 members (excludes halogenated alkanes) is 1. The molecule has 2 aromatic carbocycles. The van der Waals surface area contributed by atoms with Crippen molar-refractivity contribution in [3.8, 4) is 11.1 Å². The van der Waals surface area contributed by atoms with Crippen LogP contribution in [0.2, 0.25) is 0 Å². The molecule has 0 bridgehead atoms. The SMILES string of the molecule is C[C@H](CC(=O)[C@H](C)NC(=O)CCCC(=O)ON1C(=O)CCC1=O)C(=O)N[C@@H](CC(N)=O)C(=O)CCCCN(C(=O)CO)[C@@H](c1cc(-c2cc(F)ccc2F)cn1Cc1ccccc1)C(C)(C)C. The number of aliphatic hydroxyl groups excluding tert-OH is 1. The number of hydrogen-bond acceptors (Lipinski definition) is 11. The molecule has 0 spiro atoms. The Hall–Kier alpha value is -6.63. The van der Waals surface area contributed by atoms with E-state index in [9.17, 15) is 52.6 Å². The summed E-state index contributed by atoms with van der Waals surface area (Å²) in [6, 6.07) is 11.2. The van der Waals surface area contributed by atoms with E-state index in [1.807, 2.05) is 55.7 Å². The number of Topliss-reactive ketones (excluding diaryl/α,β-unsaturated/α-hetero) is 2. The highest BCUT2D eigenvalue weighted by Crippen LogP contribution is 2.41. The second-order valence-electron chi connectivity index (χ2n) is 17.8. The van der Waals surface area contributed by atoms with E-state index in [2.05, 4.69) is 10.6 Å². The minimum absolute atomic E-state index is 0.000400. The number of hydroxylamine groups is 2.